The summed E-state index contributed by atoms with van der Waals surface area (Å²) in [6, 6.07) is 5.61. The maximum absolute atomic E-state index is 11.3. The summed E-state index contributed by atoms with van der Waals surface area (Å²) >= 11 is 5.89. The molecule has 27 heavy (non-hydrogen) atoms. The highest BCUT2D eigenvalue weighted by Gasteiger charge is 2.32. The number of ether oxygens (including phenoxy) is 2. The van der Waals surface area contributed by atoms with Gasteiger partial charge in [0.25, 0.3) is 0 Å². The number of phenols is 1. The highest BCUT2D eigenvalue weighted by molar-refractivity contribution is 6.32. The minimum atomic E-state index is -0.229. The van der Waals surface area contributed by atoms with E-state index in [4.69, 9.17) is 21.1 Å². The van der Waals surface area contributed by atoms with Crippen molar-refractivity contribution in [3.63, 3.8) is 0 Å². The molecule has 2 unspecified atom stereocenters. The van der Waals surface area contributed by atoms with Crippen LogP contribution in [0.25, 0.3) is 0 Å². The van der Waals surface area contributed by atoms with Crippen LogP contribution in [-0.4, -0.2) is 41.0 Å². The molecule has 2 heterocycles. The molecule has 0 spiro atoms. The number of carbonyl (C=O) groups excluding carboxylic acids is 1. The molecule has 7 heteroatoms. The number of benzene rings is 1. The number of rotatable bonds is 6. The van der Waals surface area contributed by atoms with Crippen LogP contribution in [0.2, 0.25) is 5.02 Å². The minimum Gasteiger partial charge on any atom is -0.505 e. The van der Waals surface area contributed by atoms with Gasteiger partial charge in [-0.3, -0.25) is 9.48 Å². The Bertz CT molecular complexity index is 818. The van der Waals surface area contributed by atoms with Crippen molar-refractivity contribution >= 4 is 17.9 Å². The molecule has 1 aromatic carbocycles. The molecule has 1 aliphatic carbocycles. The van der Waals surface area contributed by atoms with Crippen molar-refractivity contribution < 1.29 is 19.4 Å². The quantitative estimate of drug-likeness (QED) is 0.755. The Morgan fingerprint density at radius 1 is 1.30 bits per heavy atom. The summed E-state index contributed by atoms with van der Waals surface area (Å²) in [5.41, 5.74) is 1.35. The molecule has 1 N–H and O–H groups in total. The molecule has 2 fully saturated rings. The van der Waals surface area contributed by atoms with Gasteiger partial charge in [0, 0.05) is 23.7 Å². The lowest BCUT2D eigenvalue weighted by Gasteiger charge is -2.35. The fraction of sp³-hybridized carbons (Fsp3) is 0.500. The van der Waals surface area contributed by atoms with Gasteiger partial charge in [-0.2, -0.15) is 5.10 Å². The molecule has 1 aliphatic heterocycles. The van der Waals surface area contributed by atoms with Crippen LogP contribution in [0.4, 0.5) is 0 Å². The van der Waals surface area contributed by atoms with Crippen molar-refractivity contribution in [2.45, 2.75) is 37.6 Å². The van der Waals surface area contributed by atoms with Crippen LogP contribution in [0.3, 0.4) is 0 Å². The van der Waals surface area contributed by atoms with E-state index in [1.807, 2.05) is 6.20 Å². The summed E-state index contributed by atoms with van der Waals surface area (Å²) < 4.78 is 13.4. The van der Waals surface area contributed by atoms with Crippen LogP contribution in [0.1, 0.15) is 53.7 Å². The van der Waals surface area contributed by atoms with Gasteiger partial charge < -0.3 is 14.6 Å². The first-order chi connectivity index (χ1) is 13.2. The summed E-state index contributed by atoms with van der Waals surface area (Å²) in [6.45, 7) is 1.92. The number of hydrogen-bond donors (Lipinski definition) is 1. The maximum atomic E-state index is 11.3. The number of hydrogen-bond acceptors (Lipinski definition) is 5. The third-order valence-corrected chi connectivity index (χ3v) is 5.96. The van der Waals surface area contributed by atoms with Crippen LogP contribution < -0.4 is 4.74 Å². The van der Waals surface area contributed by atoms with Crippen LogP contribution in [0, 0.1) is 5.92 Å². The highest BCUT2D eigenvalue weighted by Crippen LogP contribution is 2.40. The van der Waals surface area contributed by atoms with Gasteiger partial charge in [0.05, 0.1) is 36.4 Å². The average Bonchev–Trinajstić information content (AvgIpc) is 3.10. The van der Waals surface area contributed by atoms with E-state index in [0.29, 0.717) is 36.5 Å². The molecular weight excluding hydrogens is 368 g/mol. The van der Waals surface area contributed by atoms with Crippen LogP contribution >= 0.6 is 11.6 Å². The number of carbonyl (C=O) groups is 1. The number of aromatic hydroxyl groups is 1. The maximum Gasteiger partial charge on any atom is 0.157 e. The average molecular weight is 391 g/mol. The van der Waals surface area contributed by atoms with Gasteiger partial charge in [0.2, 0.25) is 0 Å². The predicted octanol–water partition coefficient (Wildman–Crippen LogP) is 3.98. The first-order valence-electron chi connectivity index (χ1n) is 9.39. The molecule has 4 rings (SSSR count). The number of nitrogens with zero attached hydrogens (tertiary/aromatic N) is 2. The second kappa shape index (κ2) is 7.90. The molecule has 6 nitrogen and oxygen atoms in total. The first kappa shape index (κ1) is 18.3. The van der Waals surface area contributed by atoms with Gasteiger partial charge in [-0.05, 0) is 31.0 Å². The standard InChI is InChI=1S/C20H23ClN2O4/c21-17-5-6-19(16(9-24)20(17)25)27-10-13-3-1-2-4-15(13)18-7-8-22-23(18)14-11-26-12-14/h5-9,13-15,25H,1-4,10-12H2. The lowest BCUT2D eigenvalue weighted by molar-refractivity contribution is -0.0310. The molecular formula is C20H23ClN2O4. The van der Waals surface area contributed by atoms with Crippen LogP contribution in [0.15, 0.2) is 24.4 Å². The number of phenolic OH excluding ortho intramolecular Hbond substituents is 1. The van der Waals surface area contributed by atoms with Crippen molar-refractivity contribution in [2.24, 2.45) is 5.92 Å². The molecule has 2 atom stereocenters. The molecule has 0 radical (unpaired) electrons. The predicted molar refractivity (Wildman–Crippen MR) is 101 cm³/mol. The lowest BCUT2D eigenvalue weighted by atomic mass is 9.77. The summed E-state index contributed by atoms with van der Waals surface area (Å²) in [6.07, 6.45) is 6.96. The SMILES string of the molecule is O=Cc1c(OCC2CCCCC2c2ccnn2C2COC2)ccc(Cl)c1O. The smallest absolute Gasteiger partial charge is 0.157 e. The van der Waals surface area contributed by atoms with Gasteiger partial charge in [0.1, 0.15) is 11.5 Å². The zero-order valence-corrected chi connectivity index (χ0v) is 15.8. The highest BCUT2D eigenvalue weighted by atomic mass is 35.5. The Labute approximate surface area is 163 Å². The molecule has 1 aromatic heterocycles. The minimum absolute atomic E-state index is 0.103. The Morgan fingerprint density at radius 3 is 2.85 bits per heavy atom. The largest absolute Gasteiger partial charge is 0.505 e. The Balaban J connectivity index is 1.52. The summed E-state index contributed by atoms with van der Waals surface area (Å²) in [4.78, 5) is 11.3. The summed E-state index contributed by atoms with van der Waals surface area (Å²) in [5.74, 6) is 0.833. The molecule has 2 aliphatic rings. The molecule has 144 valence electrons. The van der Waals surface area contributed by atoms with Gasteiger partial charge >= 0.3 is 0 Å². The van der Waals surface area contributed by atoms with Crippen molar-refractivity contribution in [1.29, 1.82) is 0 Å². The molecule has 1 saturated heterocycles. The van der Waals surface area contributed by atoms with Crippen molar-refractivity contribution in [3.05, 3.63) is 40.7 Å². The van der Waals surface area contributed by atoms with Gasteiger partial charge in [-0.15, -0.1) is 0 Å². The van der Waals surface area contributed by atoms with E-state index < -0.39 is 0 Å². The van der Waals surface area contributed by atoms with E-state index in [1.54, 1.807) is 12.1 Å². The summed E-state index contributed by atoms with van der Waals surface area (Å²) in [5, 5.41) is 14.6. The zero-order valence-electron chi connectivity index (χ0n) is 15.0. The summed E-state index contributed by atoms with van der Waals surface area (Å²) in [7, 11) is 0. The van der Waals surface area contributed by atoms with E-state index >= 15 is 0 Å². The molecule has 0 bridgehead atoms. The van der Waals surface area contributed by atoms with E-state index in [0.717, 1.165) is 32.5 Å². The topological polar surface area (TPSA) is 73.6 Å². The van der Waals surface area contributed by atoms with E-state index in [1.165, 1.54) is 12.1 Å². The van der Waals surface area contributed by atoms with Crippen molar-refractivity contribution in [2.75, 3.05) is 19.8 Å². The number of halogens is 1. The Hall–Kier alpha value is -2.05. The lowest BCUT2D eigenvalue weighted by Crippen LogP contribution is -2.34. The molecule has 2 aromatic rings. The third kappa shape index (κ3) is 3.56. The van der Waals surface area contributed by atoms with Crippen LogP contribution in [-0.2, 0) is 4.74 Å². The number of aromatic nitrogens is 2. The normalized spacial score (nSPS) is 23.0. The zero-order chi connectivity index (χ0) is 18.8. The second-order valence-electron chi connectivity index (χ2n) is 7.28. The monoisotopic (exact) mass is 390 g/mol. The third-order valence-electron chi connectivity index (χ3n) is 5.65. The van der Waals surface area contributed by atoms with Gasteiger partial charge in [-0.25, -0.2) is 0 Å². The van der Waals surface area contributed by atoms with Crippen LogP contribution in [0.5, 0.6) is 11.5 Å². The van der Waals surface area contributed by atoms with E-state index in [-0.39, 0.29) is 16.3 Å². The van der Waals surface area contributed by atoms with Gasteiger partial charge in [-0.1, -0.05) is 24.4 Å². The molecule has 0 amide bonds. The number of aldehydes is 1. The van der Waals surface area contributed by atoms with Crippen molar-refractivity contribution in [3.8, 4) is 11.5 Å². The van der Waals surface area contributed by atoms with Gasteiger partial charge in [0.15, 0.2) is 6.29 Å². The fourth-order valence-corrected chi connectivity index (χ4v) is 4.25. The van der Waals surface area contributed by atoms with Crippen molar-refractivity contribution in [1.82, 2.24) is 9.78 Å². The fourth-order valence-electron chi connectivity index (χ4n) is 4.08. The Kier molecular flexibility index (Phi) is 5.36. The molecule has 1 saturated carbocycles. The Morgan fingerprint density at radius 2 is 2.11 bits per heavy atom. The van der Waals surface area contributed by atoms with E-state index in [9.17, 15) is 9.90 Å². The first-order valence-corrected chi connectivity index (χ1v) is 9.77. The van der Waals surface area contributed by atoms with E-state index in [2.05, 4.69) is 15.8 Å². The second-order valence-corrected chi connectivity index (χ2v) is 7.69.